The Balaban J connectivity index is 1.69. The zero-order valence-electron chi connectivity index (χ0n) is 9.59. The SMILES string of the molecule is n1n[n-]c(-c2nonc2Oc2nonc2-c2nnn[n-]2)n1. The standard InChI is InChI=1S/C6N12O3/c7-3(8-16-15-7)1-5(13-20-11-1)19-6-2(12-21-14-6)4-9-17-18-10-4/q-2. The van der Waals surface area contributed by atoms with E-state index in [1.54, 1.807) is 0 Å². The molecule has 0 amide bonds. The van der Waals surface area contributed by atoms with Crippen molar-refractivity contribution < 1.29 is 14.0 Å². The molecule has 0 saturated carbocycles. The van der Waals surface area contributed by atoms with E-state index in [2.05, 4.69) is 71.1 Å². The predicted molar refractivity (Wildman–Crippen MR) is 53.0 cm³/mol. The van der Waals surface area contributed by atoms with Gasteiger partial charge < -0.3 is 14.9 Å². The Morgan fingerprint density at radius 3 is 1.67 bits per heavy atom. The van der Waals surface area contributed by atoms with E-state index < -0.39 is 0 Å². The Morgan fingerprint density at radius 1 is 0.714 bits per heavy atom. The van der Waals surface area contributed by atoms with Crippen LogP contribution < -0.4 is 14.9 Å². The third kappa shape index (κ3) is 1.84. The first-order valence-corrected chi connectivity index (χ1v) is 5.13. The number of rotatable bonds is 4. The van der Waals surface area contributed by atoms with Crippen LogP contribution in [-0.4, -0.2) is 51.7 Å². The Morgan fingerprint density at radius 2 is 1.24 bits per heavy atom. The van der Waals surface area contributed by atoms with Gasteiger partial charge in [-0.25, -0.2) is 9.26 Å². The van der Waals surface area contributed by atoms with E-state index in [0.717, 1.165) is 0 Å². The molecule has 0 atom stereocenters. The number of hydrogen-bond donors (Lipinski definition) is 0. The first-order chi connectivity index (χ1) is 10.4. The van der Waals surface area contributed by atoms with Gasteiger partial charge in [-0.05, 0) is 20.6 Å². The van der Waals surface area contributed by atoms with E-state index in [1.165, 1.54) is 0 Å². The molecule has 0 aliphatic carbocycles. The highest BCUT2D eigenvalue weighted by molar-refractivity contribution is 5.58. The molecule has 15 heteroatoms. The molecule has 4 heterocycles. The molecule has 0 unspecified atom stereocenters. The molecule has 4 rings (SSSR count). The van der Waals surface area contributed by atoms with Crippen molar-refractivity contribution in [1.29, 1.82) is 0 Å². The van der Waals surface area contributed by atoms with Crippen LogP contribution in [0.25, 0.3) is 23.0 Å². The Labute approximate surface area is 112 Å². The van der Waals surface area contributed by atoms with E-state index in [4.69, 9.17) is 4.74 Å². The Kier molecular flexibility index (Phi) is 2.32. The van der Waals surface area contributed by atoms with Crippen LogP contribution in [0.5, 0.6) is 11.8 Å². The summed E-state index contributed by atoms with van der Waals surface area (Å²) in [5.41, 5.74) is 0.155. The average Bonchev–Trinajstić information content (AvgIpc) is 3.28. The van der Waals surface area contributed by atoms with Crippen molar-refractivity contribution >= 4 is 0 Å². The van der Waals surface area contributed by atoms with E-state index in [-0.39, 0.29) is 34.8 Å². The number of tetrazole rings is 2. The summed E-state index contributed by atoms with van der Waals surface area (Å²) in [6.45, 7) is 0. The molecule has 104 valence electrons. The van der Waals surface area contributed by atoms with Gasteiger partial charge in [0.1, 0.15) is 0 Å². The fraction of sp³-hybridized carbons (Fsp3) is 0. The molecule has 0 N–H and O–H groups in total. The van der Waals surface area contributed by atoms with Crippen LogP contribution in [0, 0.1) is 0 Å². The van der Waals surface area contributed by atoms with Gasteiger partial charge in [-0.1, -0.05) is 0 Å². The molecule has 0 bridgehead atoms. The van der Waals surface area contributed by atoms with Gasteiger partial charge in [-0.3, -0.25) is 20.6 Å². The van der Waals surface area contributed by atoms with Crippen molar-refractivity contribution in [1.82, 2.24) is 61.9 Å². The fourth-order valence-electron chi connectivity index (χ4n) is 1.34. The quantitative estimate of drug-likeness (QED) is 0.394. The topological polar surface area (TPSA) is 193 Å². The number of aromatic nitrogens is 12. The van der Waals surface area contributed by atoms with Crippen LogP contribution in [0.3, 0.4) is 0 Å². The maximum atomic E-state index is 5.36. The molecule has 0 aromatic carbocycles. The largest absolute Gasteiger partial charge is 0.410 e. The molecule has 4 aromatic heterocycles. The second kappa shape index (κ2) is 4.40. The second-order valence-electron chi connectivity index (χ2n) is 3.34. The van der Waals surface area contributed by atoms with Gasteiger partial charge in [0.05, 0.1) is 11.6 Å². The lowest BCUT2D eigenvalue weighted by Crippen LogP contribution is -1.93. The summed E-state index contributed by atoms with van der Waals surface area (Å²) in [7, 11) is 0. The van der Waals surface area contributed by atoms with Gasteiger partial charge in [0, 0.05) is 0 Å². The minimum atomic E-state index is -0.0887. The van der Waals surface area contributed by atoms with Crippen molar-refractivity contribution in [3.63, 3.8) is 0 Å². The van der Waals surface area contributed by atoms with Crippen LogP contribution in [0.4, 0.5) is 0 Å². The van der Waals surface area contributed by atoms with Crippen molar-refractivity contribution in [2.24, 2.45) is 0 Å². The average molecular weight is 288 g/mol. The molecule has 0 saturated heterocycles. The zero-order valence-corrected chi connectivity index (χ0v) is 9.59. The molecule has 0 radical (unpaired) electrons. The molecular formula is C6N12O3-2. The van der Waals surface area contributed by atoms with Crippen molar-refractivity contribution in [3.8, 4) is 34.8 Å². The third-order valence-corrected chi connectivity index (χ3v) is 2.17. The minimum Gasteiger partial charge on any atom is -0.410 e. The lowest BCUT2D eigenvalue weighted by molar-refractivity contribution is 0.272. The maximum Gasteiger partial charge on any atom is 0.291 e. The van der Waals surface area contributed by atoms with Gasteiger partial charge in [0.15, 0.2) is 11.4 Å². The monoisotopic (exact) mass is 288 g/mol. The summed E-state index contributed by atoms with van der Waals surface area (Å²) in [4.78, 5) is 0. The van der Waals surface area contributed by atoms with Crippen LogP contribution in [0.1, 0.15) is 0 Å². The van der Waals surface area contributed by atoms with E-state index in [0.29, 0.717) is 0 Å². The maximum absolute atomic E-state index is 5.36. The Bertz CT molecular complexity index is 760. The first kappa shape index (κ1) is 11.1. The number of nitrogens with zero attached hydrogens (tertiary/aromatic N) is 12. The van der Waals surface area contributed by atoms with Crippen LogP contribution in [0.15, 0.2) is 9.26 Å². The number of hydrogen-bond acceptors (Lipinski definition) is 13. The van der Waals surface area contributed by atoms with Gasteiger partial charge in [0.25, 0.3) is 11.8 Å². The molecule has 0 aliphatic heterocycles. The summed E-state index contributed by atoms with van der Waals surface area (Å²) in [6, 6.07) is 0. The highest BCUT2D eigenvalue weighted by Gasteiger charge is 2.20. The molecule has 21 heavy (non-hydrogen) atoms. The van der Waals surface area contributed by atoms with Crippen molar-refractivity contribution in [2.75, 3.05) is 0 Å². The second-order valence-corrected chi connectivity index (χ2v) is 3.34. The predicted octanol–water partition coefficient (Wildman–Crippen LogP) is -2.14. The smallest absolute Gasteiger partial charge is 0.291 e. The van der Waals surface area contributed by atoms with E-state index >= 15 is 0 Å². The van der Waals surface area contributed by atoms with E-state index in [9.17, 15) is 0 Å². The number of ether oxygens (including phenoxy) is 1. The summed E-state index contributed by atoms with van der Waals surface area (Å²) >= 11 is 0. The van der Waals surface area contributed by atoms with E-state index in [1.807, 2.05) is 0 Å². The normalized spacial score (nSPS) is 10.9. The highest BCUT2D eigenvalue weighted by atomic mass is 16.6. The Hall–Kier alpha value is -3.78. The van der Waals surface area contributed by atoms with Gasteiger partial charge in [-0.15, -0.1) is 0 Å². The van der Waals surface area contributed by atoms with Crippen LogP contribution >= 0.6 is 0 Å². The highest BCUT2D eigenvalue weighted by Crippen LogP contribution is 2.30. The summed E-state index contributed by atoms with van der Waals surface area (Å²) < 4.78 is 14.5. The zero-order chi connectivity index (χ0) is 14.1. The lowest BCUT2D eigenvalue weighted by Gasteiger charge is -2.00. The summed E-state index contributed by atoms with van der Waals surface area (Å²) in [5.74, 6) is -0.0438. The molecule has 0 aliphatic rings. The molecular weight excluding hydrogens is 288 g/mol. The molecule has 0 fully saturated rings. The molecule has 15 nitrogen and oxygen atoms in total. The minimum absolute atomic E-state index is 0.0668. The van der Waals surface area contributed by atoms with Crippen molar-refractivity contribution in [2.45, 2.75) is 0 Å². The first-order valence-electron chi connectivity index (χ1n) is 5.13. The molecule has 4 aromatic rings. The van der Waals surface area contributed by atoms with Gasteiger partial charge in [0.2, 0.25) is 0 Å². The van der Waals surface area contributed by atoms with Crippen LogP contribution in [-0.2, 0) is 0 Å². The van der Waals surface area contributed by atoms with Gasteiger partial charge >= 0.3 is 0 Å². The molecule has 0 spiro atoms. The van der Waals surface area contributed by atoms with Crippen LogP contribution in [0.2, 0.25) is 0 Å². The fourth-order valence-corrected chi connectivity index (χ4v) is 1.34. The van der Waals surface area contributed by atoms with Gasteiger partial charge in [-0.2, -0.15) is 10.4 Å². The summed E-state index contributed by atoms with van der Waals surface area (Å²) in [5, 5.41) is 41.9. The lowest BCUT2D eigenvalue weighted by atomic mass is 10.4. The third-order valence-electron chi connectivity index (χ3n) is 2.17. The summed E-state index contributed by atoms with van der Waals surface area (Å²) in [6.07, 6.45) is 0. The van der Waals surface area contributed by atoms with Crippen molar-refractivity contribution in [3.05, 3.63) is 0 Å².